The van der Waals surface area contributed by atoms with E-state index in [9.17, 15) is 0 Å². The van der Waals surface area contributed by atoms with Crippen molar-refractivity contribution in [3.8, 4) is 0 Å². The first kappa shape index (κ1) is 15.1. The summed E-state index contributed by atoms with van der Waals surface area (Å²) in [6.07, 6.45) is 7.28. The minimum absolute atomic E-state index is 0.00574. The van der Waals surface area contributed by atoms with Crippen LogP contribution in [0.1, 0.15) is 52.1 Å². The SMILES string of the molecule is CCN(CC)C(CC)(CC)C(N)c1cncnc1. The Bertz CT molecular complexity index is 331. The molecule has 0 fully saturated rings. The van der Waals surface area contributed by atoms with Gasteiger partial charge >= 0.3 is 0 Å². The van der Waals surface area contributed by atoms with Crippen molar-refractivity contribution in [2.24, 2.45) is 5.73 Å². The number of aromatic nitrogens is 2. The van der Waals surface area contributed by atoms with Gasteiger partial charge in [-0.3, -0.25) is 4.90 Å². The third-order valence-electron chi connectivity index (χ3n) is 4.14. The van der Waals surface area contributed by atoms with E-state index in [1.165, 1.54) is 0 Å². The van der Waals surface area contributed by atoms with Crippen LogP contribution in [0.25, 0.3) is 0 Å². The van der Waals surface area contributed by atoms with Crippen LogP contribution in [0.4, 0.5) is 0 Å². The van der Waals surface area contributed by atoms with Gasteiger partial charge in [-0.25, -0.2) is 9.97 Å². The maximum atomic E-state index is 6.53. The molecular weight excluding hydrogens is 224 g/mol. The minimum Gasteiger partial charge on any atom is -0.322 e. The summed E-state index contributed by atoms with van der Waals surface area (Å²) in [6, 6.07) is -0.0476. The Labute approximate surface area is 111 Å². The first-order valence-corrected chi connectivity index (χ1v) is 6.91. The molecule has 1 unspecified atom stereocenters. The van der Waals surface area contributed by atoms with Crippen LogP contribution >= 0.6 is 0 Å². The van der Waals surface area contributed by atoms with Gasteiger partial charge in [-0.2, -0.15) is 0 Å². The monoisotopic (exact) mass is 250 g/mol. The molecule has 1 rings (SSSR count). The summed E-state index contributed by atoms with van der Waals surface area (Å²) in [5.74, 6) is 0. The summed E-state index contributed by atoms with van der Waals surface area (Å²) in [5.41, 5.74) is 7.54. The maximum absolute atomic E-state index is 6.53. The van der Waals surface area contributed by atoms with Crippen molar-refractivity contribution in [1.82, 2.24) is 14.9 Å². The van der Waals surface area contributed by atoms with E-state index >= 15 is 0 Å². The third-order valence-corrected chi connectivity index (χ3v) is 4.14. The van der Waals surface area contributed by atoms with E-state index in [0.29, 0.717) is 0 Å². The van der Waals surface area contributed by atoms with Crippen LogP contribution in [0.15, 0.2) is 18.7 Å². The molecule has 1 atom stereocenters. The third kappa shape index (κ3) is 2.70. The number of rotatable bonds is 7. The second-order valence-electron chi connectivity index (χ2n) is 4.63. The lowest BCUT2D eigenvalue weighted by Gasteiger charge is -2.46. The quantitative estimate of drug-likeness (QED) is 0.807. The zero-order valence-electron chi connectivity index (χ0n) is 12.1. The fraction of sp³-hybridized carbons (Fsp3) is 0.714. The molecule has 0 amide bonds. The van der Waals surface area contributed by atoms with E-state index in [1.807, 2.05) is 12.4 Å². The standard InChI is InChI=1S/C14H26N4/c1-5-14(6-2,18(7-3)8-4)13(15)12-9-16-11-17-10-12/h9-11,13H,5-8,15H2,1-4H3. The molecular formula is C14H26N4. The van der Waals surface area contributed by atoms with Gasteiger partial charge in [0, 0.05) is 23.5 Å². The van der Waals surface area contributed by atoms with Crippen molar-refractivity contribution in [3.05, 3.63) is 24.3 Å². The molecule has 18 heavy (non-hydrogen) atoms. The molecule has 1 aromatic rings. The number of hydrogen-bond donors (Lipinski definition) is 1. The predicted molar refractivity (Wildman–Crippen MR) is 75.2 cm³/mol. The Hall–Kier alpha value is -1.00. The summed E-state index contributed by atoms with van der Waals surface area (Å²) in [6.45, 7) is 10.8. The average Bonchev–Trinajstić information content (AvgIpc) is 2.45. The Morgan fingerprint density at radius 2 is 1.61 bits per heavy atom. The van der Waals surface area contributed by atoms with E-state index in [4.69, 9.17) is 5.73 Å². The highest BCUT2D eigenvalue weighted by Gasteiger charge is 2.38. The van der Waals surface area contributed by atoms with Crippen molar-refractivity contribution in [2.75, 3.05) is 13.1 Å². The molecule has 0 aromatic carbocycles. The van der Waals surface area contributed by atoms with Gasteiger partial charge in [-0.1, -0.05) is 27.7 Å². The molecule has 0 radical (unpaired) electrons. The van der Waals surface area contributed by atoms with E-state index in [-0.39, 0.29) is 11.6 Å². The highest BCUT2D eigenvalue weighted by atomic mass is 15.2. The summed E-state index contributed by atoms with van der Waals surface area (Å²) < 4.78 is 0. The molecule has 0 aliphatic heterocycles. The number of likely N-dealkylation sites (N-methyl/N-ethyl adjacent to an activating group) is 1. The van der Waals surface area contributed by atoms with Crippen molar-refractivity contribution >= 4 is 0 Å². The lowest BCUT2D eigenvalue weighted by atomic mass is 9.80. The predicted octanol–water partition coefficient (Wildman–Crippen LogP) is 2.38. The summed E-state index contributed by atoms with van der Waals surface area (Å²) in [4.78, 5) is 10.6. The van der Waals surface area contributed by atoms with E-state index in [1.54, 1.807) is 6.33 Å². The number of nitrogens with zero attached hydrogens (tertiary/aromatic N) is 3. The van der Waals surface area contributed by atoms with Gasteiger partial charge in [0.25, 0.3) is 0 Å². The van der Waals surface area contributed by atoms with Crippen LogP contribution in [-0.2, 0) is 0 Å². The van der Waals surface area contributed by atoms with Crippen molar-refractivity contribution in [2.45, 2.75) is 52.1 Å². The zero-order chi connectivity index (χ0) is 13.6. The average molecular weight is 250 g/mol. The molecule has 0 bridgehead atoms. The van der Waals surface area contributed by atoms with Crippen LogP contribution in [0.5, 0.6) is 0 Å². The fourth-order valence-electron chi connectivity index (χ4n) is 2.97. The summed E-state index contributed by atoms with van der Waals surface area (Å²) >= 11 is 0. The van der Waals surface area contributed by atoms with Gasteiger partial charge in [0.05, 0.1) is 6.04 Å². The van der Waals surface area contributed by atoms with Crippen molar-refractivity contribution < 1.29 is 0 Å². The molecule has 2 N–H and O–H groups in total. The molecule has 4 heteroatoms. The molecule has 0 saturated heterocycles. The van der Waals surface area contributed by atoms with Gasteiger partial charge in [0.1, 0.15) is 6.33 Å². The lowest BCUT2D eigenvalue weighted by Crippen LogP contribution is -2.54. The van der Waals surface area contributed by atoms with E-state index in [0.717, 1.165) is 31.5 Å². The molecule has 0 spiro atoms. The molecule has 0 aliphatic rings. The fourth-order valence-corrected chi connectivity index (χ4v) is 2.97. The van der Waals surface area contributed by atoms with Crippen LogP contribution in [0.2, 0.25) is 0 Å². The Kier molecular flexibility index (Phi) is 5.69. The molecule has 4 nitrogen and oxygen atoms in total. The van der Waals surface area contributed by atoms with Crippen LogP contribution in [0.3, 0.4) is 0 Å². The molecule has 0 saturated carbocycles. The lowest BCUT2D eigenvalue weighted by molar-refractivity contribution is 0.0623. The van der Waals surface area contributed by atoms with Gasteiger partial charge in [0.15, 0.2) is 0 Å². The molecule has 102 valence electrons. The molecule has 0 aliphatic carbocycles. The van der Waals surface area contributed by atoms with Crippen LogP contribution in [0, 0.1) is 0 Å². The Morgan fingerprint density at radius 1 is 1.11 bits per heavy atom. The summed E-state index contributed by atoms with van der Waals surface area (Å²) in [5, 5.41) is 0. The van der Waals surface area contributed by atoms with Gasteiger partial charge < -0.3 is 5.73 Å². The summed E-state index contributed by atoms with van der Waals surface area (Å²) in [7, 11) is 0. The molecule has 1 heterocycles. The van der Waals surface area contributed by atoms with Gasteiger partial charge in [-0.05, 0) is 25.9 Å². The first-order chi connectivity index (χ1) is 8.66. The number of nitrogens with two attached hydrogens (primary N) is 1. The van der Waals surface area contributed by atoms with Crippen molar-refractivity contribution in [1.29, 1.82) is 0 Å². The Morgan fingerprint density at radius 3 is 2.00 bits per heavy atom. The topological polar surface area (TPSA) is 55.0 Å². The minimum atomic E-state index is -0.0476. The molecule has 1 aromatic heterocycles. The van der Waals surface area contributed by atoms with Crippen LogP contribution < -0.4 is 5.73 Å². The first-order valence-electron chi connectivity index (χ1n) is 6.91. The second kappa shape index (κ2) is 6.81. The van der Waals surface area contributed by atoms with Gasteiger partial charge in [0.2, 0.25) is 0 Å². The van der Waals surface area contributed by atoms with E-state index in [2.05, 4.69) is 42.6 Å². The normalized spacial score (nSPS) is 13.9. The highest BCUT2D eigenvalue weighted by Crippen LogP contribution is 2.35. The second-order valence-corrected chi connectivity index (χ2v) is 4.63. The van der Waals surface area contributed by atoms with Crippen LogP contribution in [-0.4, -0.2) is 33.5 Å². The number of hydrogen-bond acceptors (Lipinski definition) is 4. The zero-order valence-corrected chi connectivity index (χ0v) is 12.1. The Balaban J connectivity index is 3.11. The van der Waals surface area contributed by atoms with E-state index < -0.39 is 0 Å². The largest absolute Gasteiger partial charge is 0.322 e. The smallest absolute Gasteiger partial charge is 0.115 e. The van der Waals surface area contributed by atoms with Crippen molar-refractivity contribution in [3.63, 3.8) is 0 Å². The van der Waals surface area contributed by atoms with Gasteiger partial charge in [-0.15, -0.1) is 0 Å². The highest BCUT2D eigenvalue weighted by molar-refractivity contribution is 5.16. The maximum Gasteiger partial charge on any atom is 0.115 e.